The Morgan fingerprint density at radius 3 is 2.41 bits per heavy atom. The molecule has 0 aliphatic carbocycles. The lowest BCUT2D eigenvalue weighted by atomic mass is 10.2. The Bertz CT molecular complexity index is 1000. The first kappa shape index (κ1) is 19.9. The van der Waals surface area contributed by atoms with Crippen LogP contribution in [0.25, 0.3) is 0 Å². The quantitative estimate of drug-likeness (QED) is 0.611. The number of nitrogens with zero attached hydrogens (tertiary/aromatic N) is 3. The van der Waals surface area contributed by atoms with Gasteiger partial charge in [0.15, 0.2) is 0 Å². The summed E-state index contributed by atoms with van der Waals surface area (Å²) in [5.74, 6) is 0.381. The van der Waals surface area contributed by atoms with Crippen LogP contribution in [0.5, 0.6) is 0 Å². The molecule has 1 aromatic heterocycles. The van der Waals surface area contributed by atoms with Crippen molar-refractivity contribution in [1.82, 2.24) is 4.98 Å². The third kappa shape index (κ3) is 5.11. The summed E-state index contributed by atoms with van der Waals surface area (Å²) in [6.07, 6.45) is 1.52. The van der Waals surface area contributed by atoms with E-state index in [1.807, 2.05) is 30.3 Å². The topological polar surface area (TPSA) is 81.0 Å². The molecule has 29 heavy (non-hydrogen) atoms. The fourth-order valence-electron chi connectivity index (χ4n) is 2.96. The zero-order valence-corrected chi connectivity index (χ0v) is 16.5. The number of nitrogens with one attached hydrogen (secondary N) is 2. The van der Waals surface area contributed by atoms with Crippen LogP contribution in [-0.2, 0) is 0 Å². The monoisotopic (exact) mass is 385 g/mol. The van der Waals surface area contributed by atoms with Crippen molar-refractivity contribution in [2.45, 2.75) is 13.8 Å². The van der Waals surface area contributed by atoms with Crippen LogP contribution < -0.4 is 15.5 Å². The molecular weight excluding hydrogens is 362 g/mol. The van der Waals surface area contributed by atoms with Crippen LogP contribution in [0.4, 0.5) is 22.9 Å². The third-order valence-electron chi connectivity index (χ3n) is 4.54. The van der Waals surface area contributed by atoms with E-state index < -0.39 is 0 Å². The molecule has 0 radical (unpaired) electrons. The zero-order chi connectivity index (χ0) is 20.6. The molecule has 1 amide bonds. The van der Waals surface area contributed by atoms with Gasteiger partial charge in [-0.15, -0.1) is 0 Å². The number of hydrogen-bond acceptors (Lipinski definition) is 5. The highest BCUT2D eigenvalue weighted by Gasteiger charge is 2.08. The van der Waals surface area contributed by atoms with E-state index in [0.717, 1.165) is 30.2 Å². The second-order valence-electron chi connectivity index (χ2n) is 6.42. The zero-order valence-electron chi connectivity index (χ0n) is 16.5. The van der Waals surface area contributed by atoms with Crippen LogP contribution in [-0.4, -0.2) is 24.0 Å². The molecule has 0 spiro atoms. The number of anilines is 4. The van der Waals surface area contributed by atoms with Gasteiger partial charge in [-0.1, -0.05) is 6.07 Å². The predicted octanol–water partition coefficient (Wildman–Crippen LogP) is 4.80. The second kappa shape index (κ2) is 9.38. The molecule has 0 fully saturated rings. The maximum absolute atomic E-state index is 12.5. The van der Waals surface area contributed by atoms with E-state index in [9.17, 15) is 4.79 Å². The second-order valence-corrected chi connectivity index (χ2v) is 6.42. The van der Waals surface area contributed by atoms with Gasteiger partial charge >= 0.3 is 0 Å². The molecule has 0 aliphatic rings. The first-order valence-corrected chi connectivity index (χ1v) is 9.52. The number of amides is 1. The van der Waals surface area contributed by atoms with E-state index in [2.05, 4.69) is 40.4 Å². The van der Waals surface area contributed by atoms with E-state index >= 15 is 0 Å². The number of benzene rings is 2. The molecule has 0 unspecified atom stereocenters. The van der Waals surface area contributed by atoms with Crippen LogP contribution in [0.1, 0.15) is 29.8 Å². The lowest BCUT2D eigenvalue weighted by molar-refractivity contribution is 0.102. The van der Waals surface area contributed by atoms with Gasteiger partial charge in [0.1, 0.15) is 5.82 Å². The lowest BCUT2D eigenvalue weighted by Crippen LogP contribution is -2.21. The Labute approximate surface area is 170 Å². The molecule has 1 heterocycles. The van der Waals surface area contributed by atoms with Crippen molar-refractivity contribution < 1.29 is 4.79 Å². The number of hydrogen-bond donors (Lipinski definition) is 2. The van der Waals surface area contributed by atoms with Crippen LogP contribution in [0.15, 0.2) is 66.9 Å². The Kier molecular flexibility index (Phi) is 6.43. The highest BCUT2D eigenvalue weighted by molar-refractivity contribution is 6.04. The van der Waals surface area contributed by atoms with Crippen molar-refractivity contribution in [3.05, 3.63) is 78.0 Å². The molecule has 0 atom stereocenters. The molecule has 3 aromatic rings. The minimum atomic E-state index is -0.217. The van der Waals surface area contributed by atoms with Crippen LogP contribution in [0.3, 0.4) is 0 Å². The normalized spacial score (nSPS) is 10.1. The lowest BCUT2D eigenvalue weighted by Gasteiger charge is -2.21. The molecular formula is C23H23N5O. The van der Waals surface area contributed by atoms with Crippen molar-refractivity contribution in [2.24, 2.45) is 0 Å². The van der Waals surface area contributed by atoms with Crippen molar-refractivity contribution in [3.63, 3.8) is 0 Å². The molecule has 6 nitrogen and oxygen atoms in total. The maximum Gasteiger partial charge on any atom is 0.257 e. The molecule has 2 N–H and O–H groups in total. The fourth-order valence-corrected chi connectivity index (χ4v) is 2.96. The largest absolute Gasteiger partial charge is 0.372 e. The number of aromatic nitrogens is 1. The molecule has 0 saturated heterocycles. The van der Waals surface area contributed by atoms with E-state index in [1.54, 1.807) is 30.3 Å². The summed E-state index contributed by atoms with van der Waals surface area (Å²) < 4.78 is 0. The molecule has 2 aromatic carbocycles. The van der Waals surface area contributed by atoms with Crippen molar-refractivity contribution >= 4 is 28.8 Å². The number of pyridine rings is 1. The average molecular weight is 385 g/mol. The van der Waals surface area contributed by atoms with Crippen molar-refractivity contribution in [3.8, 4) is 6.07 Å². The summed E-state index contributed by atoms with van der Waals surface area (Å²) in [4.78, 5) is 19.0. The minimum absolute atomic E-state index is 0.217. The number of rotatable bonds is 7. The average Bonchev–Trinajstić information content (AvgIpc) is 2.76. The highest BCUT2D eigenvalue weighted by Crippen LogP contribution is 2.19. The van der Waals surface area contributed by atoms with Gasteiger partial charge in [0.2, 0.25) is 0 Å². The van der Waals surface area contributed by atoms with Crippen LogP contribution >= 0.6 is 0 Å². The highest BCUT2D eigenvalue weighted by atomic mass is 16.1. The van der Waals surface area contributed by atoms with Gasteiger partial charge in [0, 0.05) is 36.3 Å². The molecule has 6 heteroatoms. The van der Waals surface area contributed by atoms with Gasteiger partial charge in [-0.3, -0.25) is 4.79 Å². The molecule has 146 valence electrons. The SMILES string of the molecule is CCN(CC)c1ccc(NC(=O)c2ccc(Nc3cccc(C#N)c3)nc2)cc1. The first-order valence-electron chi connectivity index (χ1n) is 9.52. The summed E-state index contributed by atoms with van der Waals surface area (Å²) in [7, 11) is 0. The summed E-state index contributed by atoms with van der Waals surface area (Å²) in [6.45, 7) is 6.11. The summed E-state index contributed by atoms with van der Waals surface area (Å²) in [5, 5.41) is 15.0. The predicted molar refractivity (Wildman–Crippen MR) is 117 cm³/mol. The Morgan fingerprint density at radius 1 is 1.03 bits per heavy atom. The molecule has 3 rings (SSSR count). The smallest absolute Gasteiger partial charge is 0.257 e. The summed E-state index contributed by atoms with van der Waals surface area (Å²) in [6, 6.07) is 20.5. The Morgan fingerprint density at radius 2 is 1.79 bits per heavy atom. The first-order chi connectivity index (χ1) is 14.1. The van der Waals surface area contributed by atoms with Gasteiger partial charge in [0.05, 0.1) is 17.2 Å². The van der Waals surface area contributed by atoms with Crippen molar-refractivity contribution in [2.75, 3.05) is 28.6 Å². The van der Waals surface area contributed by atoms with Gasteiger partial charge in [-0.25, -0.2) is 4.98 Å². The molecule has 0 aliphatic heterocycles. The molecule has 0 bridgehead atoms. The standard InChI is InChI=1S/C23H23N5O/c1-3-28(4-2)21-11-9-19(10-12-21)27-23(29)18-8-13-22(25-16-18)26-20-7-5-6-17(14-20)15-24/h5-14,16H,3-4H2,1-2H3,(H,25,26)(H,27,29). The fraction of sp³-hybridized carbons (Fsp3) is 0.174. The van der Waals surface area contributed by atoms with E-state index in [4.69, 9.17) is 5.26 Å². The van der Waals surface area contributed by atoms with E-state index in [1.165, 1.54) is 6.20 Å². The van der Waals surface area contributed by atoms with Crippen LogP contribution in [0.2, 0.25) is 0 Å². The Hall–Kier alpha value is -3.85. The van der Waals surface area contributed by atoms with Gasteiger partial charge in [0.25, 0.3) is 5.91 Å². The van der Waals surface area contributed by atoms with Gasteiger partial charge in [-0.2, -0.15) is 5.26 Å². The number of carbonyl (C=O) groups excluding carboxylic acids is 1. The maximum atomic E-state index is 12.5. The van der Waals surface area contributed by atoms with Gasteiger partial charge < -0.3 is 15.5 Å². The minimum Gasteiger partial charge on any atom is -0.372 e. The molecule has 0 saturated carbocycles. The number of nitriles is 1. The van der Waals surface area contributed by atoms with E-state index in [0.29, 0.717) is 16.9 Å². The number of carbonyl (C=O) groups is 1. The van der Waals surface area contributed by atoms with E-state index in [-0.39, 0.29) is 5.91 Å². The Balaban J connectivity index is 1.63. The van der Waals surface area contributed by atoms with Gasteiger partial charge in [-0.05, 0) is 68.4 Å². The third-order valence-corrected chi connectivity index (χ3v) is 4.54. The summed E-state index contributed by atoms with van der Waals surface area (Å²) >= 11 is 0. The summed E-state index contributed by atoms with van der Waals surface area (Å²) in [5.41, 5.74) is 3.67. The van der Waals surface area contributed by atoms with Crippen molar-refractivity contribution in [1.29, 1.82) is 5.26 Å². The van der Waals surface area contributed by atoms with Crippen LogP contribution in [0, 0.1) is 11.3 Å².